The summed E-state index contributed by atoms with van der Waals surface area (Å²) in [6.45, 7) is 2.75. The van der Waals surface area contributed by atoms with Gasteiger partial charge in [-0.1, -0.05) is 36.0 Å². The van der Waals surface area contributed by atoms with E-state index in [0.717, 1.165) is 28.9 Å². The first kappa shape index (κ1) is 16.7. The van der Waals surface area contributed by atoms with Crippen LogP contribution in [0.15, 0.2) is 46.9 Å². The molecule has 1 saturated carbocycles. The van der Waals surface area contributed by atoms with Crippen LogP contribution in [0.3, 0.4) is 0 Å². The number of para-hydroxylation sites is 1. The minimum atomic E-state index is 0.588. The minimum absolute atomic E-state index is 0.588. The van der Waals surface area contributed by atoms with Crippen molar-refractivity contribution < 1.29 is 4.74 Å². The zero-order chi connectivity index (χ0) is 17.1. The average Bonchev–Trinajstić information content (AvgIpc) is 3.17. The maximum absolute atomic E-state index is 5.89. The highest BCUT2D eigenvalue weighted by molar-refractivity contribution is 7.99. The normalized spacial score (nSPS) is 14.0. The van der Waals surface area contributed by atoms with E-state index >= 15 is 0 Å². The van der Waals surface area contributed by atoms with Gasteiger partial charge in [-0.2, -0.15) is 0 Å². The second-order valence-corrected chi connectivity index (χ2v) is 8.31. The van der Waals surface area contributed by atoms with Crippen LogP contribution >= 0.6 is 23.1 Å². The van der Waals surface area contributed by atoms with Crippen molar-refractivity contribution in [3.63, 3.8) is 0 Å². The minimum Gasteiger partial charge on any atom is -0.492 e. The number of benzene rings is 1. The van der Waals surface area contributed by atoms with Gasteiger partial charge in [0.15, 0.2) is 5.16 Å². The number of nitrogens with zero attached hydrogens (tertiary/aromatic N) is 3. The lowest BCUT2D eigenvalue weighted by molar-refractivity contribution is 0.341. The van der Waals surface area contributed by atoms with Crippen LogP contribution in [0.25, 0.3) is 0 Å². The van der Waals surface area contributed by atoms with Gasteiger partial charge in [-0.25, -0.2) is 0 Å². The van der Waals surface area contributed by atoms with Gasteiger partial charge in [-0.15, -0.1) is 21.5 Å². The van der Waals surface area contributed by atoms with Crippen LogP contribution in [0.4, 0.5) is 0 Å². The summed E-state index contributed by atoms with van der Waals surface area (Å²) in [7, 11) is 0. The third kappa shape index (κ3) is 4.07. The molecule has 0 bridgehead atoms. The molecule has 0 aliphatic heterocycles. The number of ether oxygens (including phenoxy) is 1. The fraction of sp³-hybridized carbons (Fsp3) is 0.368. The summed E-state index contributed by atoms with van der Waals surface area (Å²) >= 11 is 3.52. The van der Waals surface area contributed by atoms with Crippen LogP contribution in [-0.4, -0.2) is 27.1 Å². The molecule has 6 heteroatoms. The van der Waals surface area contributed by atoms with Gasteiger partial charge in [0.1, 0.15) is 11.6 Å². The van der Waals surface area contributed by atoms with Gasteiger partial charge in [-0.3, -0.25) is 0 Å². The molecule has 0 amide bonds. The number of aromatic nitrogens is 3. The molecule has 2 heterocycles. The van der Waals surface area contributed by atoms with E-state index < -0.39 is 0 Å². The van der Waals surface area contributed by atoms with Crippen LogP contribution in [0.5, 0.6) is 5.75 Å². The maximum atomic E-state index is 5.89. The monoisotopic (exact) mass is 371 g/mol. The molecular formula is C19H21N3OS2. The molecular weight excluding hydrogens is 350 g/mol. The molecule has 1 aliphatic carbocycles. The average molecular weight is 372 g/mol. The second kappa shape index (κ2) is 7.62. The molecule has 3 aromatic rings. The topological polar surface area (TPSA) is 39.9 Å². The fourth-order valence-electron chi connectivity index (χ4n) is 2.80. The summed E-state index contributed by atoms with van der Waals surface area (Å²) in [4.78, 5) is 1.34. The number of thioether (sulfide) groups is 1. The Balaban J connectivity index is 1.37. The Hall–Kier alpha value is -1.79. The van der Waals surface area contributed by atoms with Gasteiger partial charge in [-0.05, 0) is 42.8 Å². The number of hydrogen-bond donors (Lipinski definition) is 0. The van der Waals surface area contributed by atoms with E-state index in [4.69, 9.17) is 4.74 Å². The molecule has 0 radical (unpaired) electrons. The van der Waals surface area contributed by atoms with Crippen molar-refractivity contribution in [2.75, 3.05) is 12.4 Å². The Bertz CT molecular complexity index is 825. The Labute approximate surface area is 156 Å². The van der Waals surface area contributed by atoms with E-state index in [-0.39, 0.29) is 0 Å². The summed E-state index contributed by atoms with van der Waals surface area (Å²) in [6.07, 6.45) is 3.35. The first-order chi connectivity index (χ1) is 12.3. The lowest BCUT2D eigenvalue weighted by Crippen LogP contribution is -2.05. The zero-order valence-corrected chi connectivity index (χ0v) is 15.9. The Morgan fingerprint density at radius 1 is 1.20 bits per heavy atom. The molecule has 4 rings (SSSR count). The molecule has 0 saturated heterocycles. The number of rotatable bonds is 8. The molecule has 1 aliphatic rings. The molecule has 0 spiro atoms. The molecule has 0 unspecified atom stereocenters. The lowest BCUT2D eigenvalue weighted by atomic mass is 10.2. The quantitative estimate of drug-likeness (QED) is 0.423. The van der Waals surface area contributed by atoms with Crippen molar-refractivity contribution in [1.29, 1.82) is 0 Å². The first-order valence-corrected chi connectivity index (χ1v) is 10.4. The lowest BCUT2D eigenvalue weighted by Gasteiger charge is -2.10. The highest BCUT2D eigenvalue weighted by Crippen LogP contribution is 2.39. The summed E-state index contributed by atoms with van der Waals surface area (Å²) in [5.41, 5.74) is 1.17. The third-order valence-electron chi connectivity index (χ3n) is 4.23. The fourth-order valence-corrected chi connectivity index (χ4v) is 4.34. The third-order valence-corrected chi connectivity index (χ3v) is 6.01. The van der Waals surface area contributed by atoms with E-state index in [9.17, 15) is 0 Å². The van der Waals surface area contributed by atoms with E-state index in [1.54, 1.807) is 23.1 Å². The van der Waals surface area contributed by atoms with Gasteiger partial charge >= 0.3 is 0 Å². The molecule has 0 atom stereocenters. The second-order valence-electron chi connectivity index (χ2n) is 6.22. The molecule has 1 aromatic carbocycles. The Morgan fingerprint density at radius 3 is 2.84 bits per heavy atom. The van der Waals surface area contributed by atoms with E-state index in [2.05, 4.69) is 45.3 Å². The maximum Gasteiger partial charge on any atom is 0.191 e. The molecule has 130 valence electrons. The molecule has 2 aromatic heterocycles. The summed E-state index contributed by atoms with van der Waals surface area (Å²) in [5.74, 6) is 2.93. The molecule has 0 N–H and O–H groups in total. The predicted octanol–water partition coefficient (Wildman–Crippen LogP) is 4.74. The van der Waals surface area contributed by atoms with Crippen LogP contribution in [0.2, 0.25) is 0 Å². The first-order valence-electron chi connectivity index (χ1n) is 8.58. The highest BCUT2D eigenvalue weighted by atomic mass is 32.2. The van der Waals surface area contributed by atoms with Crippen LogP contribution in [-0.2, 0) is 6.42 Å². The summed E-state index contributed by atoms with van der Waals surface area (Å²) in [5, 5.41) is 12.1. The summed E-state index contributed by atoms with van der Waals surface area (Å²) in [6, 6.07) is 13.0. The van der Waals surface area contributed by atoms with Crippen molar-refractivity contribution in [3.05, 3.63) is 58.0 Å². The van der Waals surface area contributed by atoms with Crippen molar-refractivity contribution in [2.24, 2.45) is 0 Å². The molecule has 25 heavy (non-hydrogen) atoms. The SMILES string of the molecule is Cc1ccccc1OCCSc1nnc(Cc2cccs2)n1C1CC1. The number of hydrogen-bond acceptors (Lipinski definition) is 5. The Kier molecular flexibility index (Phi) is 5.08. The van der Waals surface area contributed by atoms with Gasteiger partial charge in [0.05, 0.1) is 6.61 Å². The van der Waals surface area contributed by atoms with Gasteiger partial charge in [0.2, 0.25) is 0 Å². The van der Waals surface area contributed by atoms with E-state index in [1.807, 2.05) is 18.2 Å². The van der Waals surface area contributed by atoms with Crippen molar-refractivity contribution >= 4 is 23.1 Å². The van der Waals surface area contributed by atoms with Crippen LogP contribution < -0.4 is 4.74 Å². The largest absolute Gasteiger partial charge is 0.492 e. The van der Waals surface area contributed by atoms with Crippen molar-refractivity contribution in [3.8, 4) is 5.75 Å². The van der Waals surface area contributed by atoms with Gasteiger partial charge in [0.25, 0.3) is 0 Å². The number of thiophene rings is 1. The molecule has 4 nitrogen and oxygen atoms in total. The van der Waals surface area contributed by atoms with Crippen molar-refractivity contribution in [1.82, 2.24) is 14.8 Å². The smallest absolute Gasteiger partial charge is 0.191 e. The Morgan fingerprint density at radius 2 is 2.08 bits per heavy atom. The van der Waals surface area contributed by atoms with Gasteiger partial charge in [0, 0.05) is 23.1 Å². The predicted molar refractivity (Wildman–Crippen MR) is 103 cm³/mol. The summed E-state index contributed by atoms with van der Waals surface area (Å²) < 4.78 is 8.24. The van der Waals surface area contributed by atoms with E-state index in [0.29, 0.717) is 12.6 Å². The van der Waals surface area contributed by atoms with E-state index in [1.165, 1.54) is 23.3 Å². The van der Waals surface area contributed by atoms with Crippen LogP contribution in [0.1, 0.15) is 35.1 Å². The van der Waals surface area contributed by atoms with Gasteiger partial charge < -0.3 is 9.30 Å². The number of aryl methyl sites for hydroxylation is 1. The molecule has 1 fully saturated rings. The van der Waals surface area contributed by atoms with Crippen LogP contribution in [0, 0.1) is 6.92 Å². The highest BCUT2D eigenvalue weighted by Gasteiger charge is 2.29. The zero-order valence-electron chi connectivity index (χ0n) is 14.2. The van der Waals surface area contributed by atoms with Crippen molar-refractivity contribution in [2.45, 2.75) is 37.4 Å². The standard InChI is InChI=1S/C19H21N3OS2/c1-14-5-2-3-7-17(14)23-10-12-25-19-21-20-18(22(19)15-8-9-15)13-16-6-4-11-24-16/h2-7,11,15H,8-10,12-13H2,1H3.